The number of imidazole rings is 1. The highest BCUT2D eigenvalue weighted by Crippen LogP contribution is 2.33. The molecule has 3 heterocycles. The molecule has 43 heavy (non-hydrogen) atoms. The van der Waals surface area contributed by atoms with Crippen molar-refractivity contribution >= 4 is 59.6 Å². The molecule has 1 aliphatic rings. The summed E-state index contributed by atoms with van der Waals surface area (Å²) in [4.78, 5) is 33.2. The molecule has 10 nitrogen and oxygen atoms in total. The number of aromatic nitrogens is 3. The SMILES string of the molecule is O=C(O)C(F)(F)F.O=C1C[C@@H](c2ccc(C[C@H](Nc3nc4cc(F)ccc4s3)c3nc4ccccc4[nH]3)cc2)S(=O)(=O)N1. The lowest BCUT2D eigenvalue weighted by molar-refractivity contribution is -0.192. The molecule has 1 aliphatic heterocycles. The summed E-state index contributed by atoms with van der Waals surface area (Å²) in [5.74, 6) is -2.87. The minimum atomic E-state index is -5.08. The third-order valence-corrected chi connectivity index (χ3v) is 9.09. The number of carbonyl (C=O) groups is 2. The van der Waals surface area contributed by atoms with Gasteiger partial charge in [-0.05, 0) is 41.8 Å². The Balaban J connectivity index is 0.000000472. The van der Waals surface area contributed by atoms with Gasteiger partial charge < -0.3 is 15.4 Å². The lowest BCUT2D eigenvalue weighted by Gasteiger charge is -2.17. The zero-order valence-corrected chi connectivity index (χ0v) is 23.4. The first-order valence-electron chi connectivity index (χ1n) is 12.5. The number of nitrogens with one attached hydrogen (secondary N) is 3. The van der Waals surface area contributed by atoms with E-state index in [0.29, 0.717) is 22.6 Å². The van der Waals surface area contributed by atoms with E-state index >= 15 is 0 Å². The highest BCUT2D eigenvalue weighted by atomic mass is 32.2. The zero-order valence-electron chi connectivity index (χ0n) is 21.7. The van der Waals surface area contributed by atoms with Crippen LogP contribution < -0.4 is 10.0 Å². The molecular weight excluding hydrogens is 614 g/mol. The fraction of sp³-hybridized carbons (Fsp3) is 0.185. The number of sulfonamides is 1. The number of aromatic amines is 1. The number of aliphatic carboxylic acids is 1. The van der Waals surface area contributed by atoms with Gasteiger partial charge in [0, 0.05) is 6.07 Å². The molecule has 2 aromatic heterocycles. The van der Waals surface area contributed by atoms with Crippen LogP contribution in [0.2, 0.25) is 0 Å². The van der Waals surface area contributed by atoms with Crippen LogP contribution in [0.5, 0.6) is 0 Å². The Morgan fingerprint density at radius 1 is 1.07 bits per heavy atom. The minimum Gasteiger partial charge on any atom is -0.475 e. The monoisotopic (exact) mass is 635 g/mol. The number of halogens is 4. The van der Waals surface area contributed by atoms with Gasteiger partial charge in [-0.25, -0.2) is 27.6 Å². The molecule has 1 amide bonds. The molecule has 1 fully saturated rings. The first-order chi connectivity index (χ1) is 20.3. The van der Waals surface area contributed by atoms with Crippen LogP contribution in [0.25, 0.3) is 21.3 Å². The van der Waals surface area contributed by atoms with E-state index in [2.05, 4.69) is 15.3 Å². The van der Waals surface area contributed by atoms with Crippen LogP contribution in [-0.4, -0.2) is 46.5 Å². The average molecular weight is 636 g/mol. The molecule has 1 saturated heterocycles. The number of hydrogen-bond acceptors (Lipinski definition) is 8. The van der Waals surface area contributed by atoms with Crippen molar-refractivity contribution in [3.8, 4) is 0 Å². The summed E-state index contributed by atoms with van der Waals surface area (Å²) in [5, 5.41) is 10.3. The summed E-state index contributed by atoms with van der Waals surface area (Å²) in [6.45, 7) is 0. The van der Waals surface area contributed by atoms with Gasteiger partial charge in [-0.1, -0.05) is 47.7 Å². The second-order valence-corrected chi connectivity index (χ2v) is 12.4. The lowest BCUT2D eigenvalue weighted by Crippen LogP contribution is -2.21. The lowest BCUT2D eigenvalue weighted by atomic mass is 10.0. The van der Waals surface area contributed by atoms with Gasteiger partial charge in [-0.3, -0.25) is 9.52 Å². The molecular formula is C27H21F4N5O5S2. The van der Waals surface area contributed by atoms with Gasteiger partial charge in [0.05, 0.1) is 33.7 Å². The Bertz CT molecular complexity index is 1890. The van der Waals surface area contributed by atoms with E-state index in [9.17, 15) is 30.8 Å². The third kappa shape index (κ3) is 6.91. The molecule has 224 valence electrons. The predicted molar refractivity (Wildman–Crippen MR) is 150 cm³/mol. The van der Waals surface area contributed by atoms with E-state index in [-0.39, 0.29) is 18.3 Å². The van der Waals surface area contributed by atoms with Gasteiger partial charge in [-0.2, -0.15) is 13.2 Å². The summed E-state index contributed by atoms with van der Waals surface area (Å²) in [6, 6.07) is 19.2. The first-order valence-corrected chi connectivity index (χ1v) is 14.9. The molecule has 0 aliphatic carbocycles. The van der Waals surface area contributed by atoms with Crippen molar-refractivity contribution in [1.82, 2.24) is 19.7 Å². The van der Waals surface area contributed by atoms with Gasteiger partial charge in [0.2, 0.25) is 15.9 Å². The number of fused-ring (bicyclic) bond motifs is 2. The number of thiazole rings is 1. The topological polar surface area (TPSA) is 154 Å². The normalized spacial score (nSPS) is 16.8. The number of carbonyl (C=O) groups excluding carboxylic acids is 1. The van der Waals surface area contributed by atoms with Crippen molar-refractivity contribution in [3.05, 3.63) is 89.5 Å². The van der Waals surface area contributed by atoms with Crippen LogP contribution in [0.3, 0.4) is 0 Å². The number of carboxylic acid groups (broad SMARTS) is 1. The van der Waals surface area contributed by atoms with Crippen LogP contribution >= 0.6 is 11.3 Å². The molecule has 0 radical (unpaired) electrons. The molecule has 16 heteroatoms. The number of hydrogen-bond donors (Lipinski definition) is 4. The fourth-order valence-electron chi connectivity index (χ4n) is 4.42. The fourth-order valence-corrected chi connectivity index (χ4v) is 6.74. The Labute approximate surface area is 244 Å². The number of para-hydroxylation sites is 2. The number of nitrogens with zero attached hydrogens (tertiary/aromatic N) is 2. The van der Waals surface area contributed by atoms with Crippen molar-refractivity contribution < 1.29 is 40.7 Å². The van der Waals surface area contributed by atoms with E-state index in [1.54, 1.807) is 18.2 Å². The number of H-pyrrole nitrogens is 1. The second-order valence-electron chi connectivity index (χ2n) is 9.48. The third-order valence-electron chi connectivity index (χ3n) is 6.42. The molecule has 6 rings (SSSR count). The van der Waals surface area contributed by atoms with Gasteiger partial charge in [0.1, 0.15) is 16.9 Å². The number of benzene rings is 3. The van der Waals surface area contributed by atoms with Gasteiger partial charge in [-0.15, -0.1) is 0 Å². The Morgan fingerprint density at radius 3 is 2.40 bits per heavy atom. The van der Waals surface area contributed by atoms with Gasteiger partial charge in [0.15, 0.2) is 5.13 Å². The summed E-state index contributed by atoms with van der Waals surface area (Å²) >= 11 is 1.43. The number of carboxylic acids is 1. The Kier molecular flexibility index (Phi) is 8.07. The Morgan fingerprint density at radius 2 is 1.77 bits per heavy atom. The van der Waals surface area contributed by atoms with E-state index in [1.165, 1.54) is 23.5 Å². The summed E-state index contributed by atoms with van der Waals surface area (Å²) in [6.07, 6.45) is -4.64. The quantitative estimate of drug-likeness (QED) is 0.185. The Hall–Kier alpha value is -4.57. The highest BCUT2D eigenvalue weighted by molar-refractivity contribution is 7.90. The standard InChI is InChI=1S/C25H20FN5O3S2.C2HF3O2/c26-16-9-10-21-19(12-16)29-25(35-21)30-20(24-27-17-3-1-2-4-18(17)28-24)11-14-5-7-15(8-6-14)22-13-23(32)31-36(22,33)34;3-2(4,5)1(6)7/h1-10,12,20,22H,11,13H2,(H,27,28)(H,29,30)(H,31,32);(H,6,7)/t20-,22-;/m0./s1. The average Bonchev–Trinajstić information content (AvgIpc) is 3.62. The van der Waals surface area contributed by atoms with E-state index in [4.69, 9.17) is 14.9 Å². The summed E-state index contributed by atoms with van der Waals surface area (Å²) < 4.78 is 72.8. The molecule has 4 N–H and O–H groups in total. The van der Waals surface area contributed by atoms with Crippen LogP contribution in [0, 0.1) is 5.82 Å². The van der Waals surface area contributed by atoms with Crippen molar-refractivity contribution in [1.29, 1.82) is 0 Å². The van der Waals surface area contributed by atoms with Crippen LogP contribution in [0.15, 0.2) is 66.7 Å². The van der Waals surface area contributed by atoms with Crippen LogP contribution in [-0.2, 0) is 26.0 Å². The summed E-state index contributed by atoms with van der Waals surface area (Å²) in [5.41, 5.74) is 3.84. The van der Waals surface area contributed by atoms with Crippen molar-refractivity contribution in [2.45, 2.75) is 30.3 Å². The smallest absolute Gasteiger partial charge is 0.475 e. The van der Waals surface area contributed by atoms with Crippen LogP contribution in [0.1, 0.15) is 34.7 Å². The van der Waals surface area contributed by atoms with E-state index in [0.717, 1.165) is 27.1 Å². The molecule has 3 aromatic carbocycles. The van der Waals surface area contributed by atoms with E-state index in [1.807, 2.05) is 41.1 Å². The molecule has 2 atom stereocenters. The van der Waals surface area contributed by atoms with Crippen molar-refractivity contribution in [3.63, 3.8) is 0 Å². The molecule has 0 spiro atoms. The number of anilines is 1. The molecule has 5 aromatic rings. The number of amides is 1. The summed E-state index contributed by atoms with van der Waals surface area (Å²) in [7, 11) is -3.70. The molecule has 0 bridgehead atoms. The number of alkyl halides is 3. The van der Waals surface area contributed by atoms with Crippen molar-refractivity contribution in [2.75, 3.05) is 5.32 Å². The van der Waals surface area contributed by atoms with Gasteiger partial charge in [0.25, 0.3) is 0 Å². The molecule has 0 saturated carbocycles. The highest BCUT2D eigenvalue weighted by Gasteiger charge is 2.38. The maximum Gasteiger partial charge on any atom is 0.490 e. The van der Waals surface area contributed by atoms with Crippen molar-refractivity contribution in [2.24, 2.45) is 0 Å². The predicted octanol–water partition coefficient (Wildman–Crippen LogP) is 5.23. The van der Waals surface area contributed by atoms with Gasteiger partial charge >= 0.3 is 12.1 Å². The van der Waals surface area contributed by atoms with E-state index < -0.39 is 33.3 Å². The maximum atomic E-state index is 13.7. The zero-order chi connectivity index (χ0) is 30.9. The minimum absolute atomic E-state index is 0.0803. The number of rotatable bonds is 6. The largest absolute Gasteiger partial charge is 0.490 e. The second kappa shape index (κ2) is 11.6. The maximum absolute atomic E-state index is 13.7. The molecule has 0 unspecified atom stereocenters. The first kappa shape index (κ1) is 29.9. The van der Waals surface area contributed by atoms with Crippen LogP contribution in [0.4, 0.5) is 22.7 Å².